The van der Waals surface area contributed by atoms with Gasteiger partial charge >= 0.3 is 12.4 Å². The SMILES string of the molecule is C[C@H](O)[C@H]([NH3+])C(=O)N1CCC(C(C)(C)S(=O)(=O)c2cccc(C(F)(F)F)c2)CC1.O=C([O-])C(F)(F)F. The summed E-state index contributed by atoms with van der Waals surface area (Å²) in [5.74, 6) is -3.63. The third-order valence-corrected chi connectivity index (χ3v) is 8.68. The largest absolute Gasteiger partial charge is 0.542 e. The van der Waals surface area contributed by atoms with Gasteiger partial charge in [-0.05, 0) is 57.7 Å². The quantitative estimate of drug-likeness (QED) is 0.519. The fraction of sp³-hybridized carbons (Fsp3) is 0.619. The second-order valence-electron chi connectivity index (χ2n) is 8.86. The number of amides is 1. The minimum Gasteiger partial charge on any atom is -0.542 e. The van der Waals surface area contributed by atoms with Crippen molar-refractivity contribution in [2.75, 3.05) is 13.1 Å². The van der Waals surface area contributed by atoms with Crippen LogP contribution in [0, 0.1) is 5.92 Å². The first kappa shape index (κ1) is 31.6. The minimum absolute atomic E-state index is 0.294. The molecule has 1 saturated heterocycles. The normalized spacial score (nSPS) is 17.6. The number of hydrogen-bond donors (Lipinski definition) is 2. The first-order chi connectivity index (χ1) is 16.1. The molecule has 0 saturated carbocycles. The Labute approximate surface area is 204 Å². The van der Waals surface area contributed by atoms with E-state index in [1.54, 1.807) is 4.90 Å². The number of benzene rings is 1. The molecule has 0 bridgehead atoms. The lowest BCUT2D eigenvalue weighted by atomic mass is 9.85. The van der Waals surface area contributed by atoms with Crippen LogP contribution < -0.4 is 10.8 Å². The van der Waals surface area contributed by atoms with Gasteiger partial charge in [0, 0.05) is 13.1 Å². The molecule has 1 aliphatic heterocycles. The van der Waals surface area contributed by atoms with Crippen LogP contribution in [0.4, 0.5) is 26.3 Å². The molecule has 1 aliphatic rings. The van der Waals surface area contributed by atoms with Gasteiger partial charge in [0.05, 0.1) is 15.2 Å². The van der Waals surface area contributed by atoms with Crippen molar-refractivity contribution in [1.29, 1.82) is 0 Å². The highest BCUT2D eigenvalue weighted by Gasteiger charge is 2.45. The average Bonchev–Trinajstić information content (AvgIpc) is 2.77. The van der Waals surface area contributed by atoms with Crippen molar-refractivity contribution < 1.29 is 60.3 Å². The molecule has 1 fully saturated rings. The molecule has 2 atom stereocenters. The molecule has 1 heterocycles. The molecule has 1 amide bonds. The Morgan fingerprint density at radius 1 is 1.11 bits per heavy atom. The number of aliphatic hydroxyl groups is 1. The molecule has 0 spiro atoms. The molecular formula is C21H28F6N2O6S. The predicted octanol–water partition coefficient (Wildman–Crippen LogP) is 0.786. The first-order valence-corrected chi connectivity index (χ1v) is 12.1. The van der Waals surface area contributed by atoms with E-state index in [2.05, 4.69) is 5.73 Å². The third kappa shape index (κ3) is 7.56. The lowest BCUT2D eigenvalue weighted by Gasteiger charge is -2.40. The monoisotopic (exact) mass is 550 g/mol. The number of quaternary nitrogens is 1. The van der Waals surface area contributed by atoms with E-state index in [0.29, 0.717) is 32.0 Å². The van der Waals surface area contributed by atoms with Crippen LogP contribution in [0.5, 0.6) is 0 Å². The smallest absolute Gasteiger partial charge is 0.430 e. The zero-order chi connectivity index (χ0) is 28.3. The summed E-state index contributed by atoms with van der Waals surface area (Å²) >= 11 is 0. The Bertz CT molecular complexity index is 1030. The number of alkyl halides is 6. The van der Waals surface area contributed by atoms with E-state index in [-0.39, 0.29) is 16.7 Å². The fourth-order valence-electron chi connectivity index (χ4n) is 3.60. The van der Waals surface area contributed by atoms with Gasteiger partial charge in [0.15, 0.2) is 15.9 Å². The van der Waals surface area contributed by atoms with Crippen molar-refractivity contribution in [2.45, 2.75) is 67.8 Å². The zero-order valence-electron chi connectivity index (χ0n) is 19.7. The van der Waals surface area contributed by atoms with Crippen molar-refractivity contribution in [3.63, 3.8) is 0 Å². The molecule has 2 rings (SSSR count). The van der Waals surface area contributed by atoms with Crippen molar-refractivity contribution in [2.24, 2.45) is 5.92 Å². The molecule has 8 nitrogen and oxygen atoms in total. The van der Waals surface area contributed by atoms with Crippen LogP contribution in [0.2, 0.25) is 0 Å². The van der Waals surface area contributed by atoms with E-state index in [4.69, 9.17) is 9.90 Å². The van der Waals surface area contributed by atoms with Crippen molar-refractivity contribution in [3.8, 4) is 0 Å². The molecule has 0 aliphatic carbocycles. The Balaban J connectivity index is 0.000000809. The summed E-state index contributed by atoms with van der Waals surface area (Å²) in [4.78, 5) is 22.3. The number of carbonyl (C=O) groups is 2. The number of carboxylic acid groups (broad SMARTS) is 1. The second kappa shape index (κ2) is 11.3. The summed E-state index contributed by atoms with van der Waals surface area (Å²) in [7, 11) is -4.04. The fourth-order valence-corrected chi connectivity index (χ4v) is 5.42. The number of piperidine rings is 1. The standard InChI is InChI=1S/C19H27F3N2O4S.C2HF3O2/c1-12(25)16(23)17(26)24-9-7-13(8-10-24)18(2,3)29(27,28)15-6-4-5-14(11-15)19(20,21)22;3-2(4,5)1(6)7/h4-6,11-13,16,25H,7-10,23H2,1-3H3;(H,6,7)/t12-,16-;/m0./s1. The van der Waals surface area contributed by atoms with Gasteiger partial charge in [0.1, 0.15) is 12.1 Å². The maximum atomic E-state index is 13.2. The van der Waals surface area contributed by atoms with Gasteiger partial charge in [-0.3, -0.25) is 4.79 Å². The van der Waals surface area contributed by atoms with Crippen LogP contribution in [-0.4, -0.2) is 66.5 Å². The van der Waals surface area contributed by atoms with Gasteiger partial charge in [0.2, 0.25) is 0 Å². The molecule has 15 heteroatoms. The molecule has 0 aromatic heterocycles. The molecule has 4 N–H and O–H groups in total. The maximum Gasteiger partial charge on any atom is 0.430 e. The number of halogens is 6. The average molecular weight is 551 g/mol. The molecule has 0 radical (unpaired) electrons. The summed E-state index contributed by atoms with van der Waals surface area (Å²) in [5.41, 5.74) is 2.65. The number of rotatable bonds is 5. The molecular weight excluding hydrogens is 522 g/mol. The zero-order valence-corrected chi connectivity index (χ0v) is 20.5. The van der Waals surface area contributed by atoms with Crippen LogP contribution in [-0.2, 0) is 25.6 Å². The van der Waals surface area contributed by atoms with Crippen LogP contribution >= 0.6 is 0 Å². The topological polar surface area (TPSA) is 142 Å². The number of aliphatic hydroxyl groups excluding tert-OH is 1. The van der Waals surface area contributed by atoms with Gasteiger partial charge in [0.25, 0.3) is 5.91 Å². The van der Waals surface area contributed by atoms with E-state index in [1.807, 2.05) is 0 Å². The van der Waals surface area contributed by atoms with Crippen LogP contribution in [0.1, 0.15) is 39.2 Å². The van der Waals surface area contributed by atoms with Crippen LogP contribution in [0.25, 0.3) is 0 Å². The van der Waals surface area contributed by atoms with Crippen molar-refractivity contribution in [1.82, 2.24) is 4.90 Å². The van der Waals surface area contributed by atoms with E-state index in [9.17, 15) is 44.7 Å². The van der Waals surface area contributed by atoms with E-state index in [1.165, 1.54) is 26.8 Å². The summed E-state index contributed by atoms with van der Waals surface area (Å²) in [6, 6.07) is 2.99. The number of nitrogens with zero attached hydrogens (tertiary/aromatic N) is 1. The number of hydrogen-bond acceptors (Lipinski definition) is 6. The van der Waals surface area contributed by atoms with Gasteiger partial charge in [-0.1, -0.05) is 6.07 Å². The first-order valence-electron chi connectivity index (χ1n) is 10.6. The molecule has 1 aromatic carbocycles. The summed E-state index contributed by atoms with van der Waals surface area (Å²) in [6.07, 6.45) is -9.93. The summed E-state index contributed by atoms with van der Waals surface area (Å²) in [5, 5.41) is 18.3. The van der Waals surface area contributed by atoms with E-state index < -0.39 is 50.6 Å². The lowest BCUT2D eigenvalue weighted by molar-refractivity contribution is -0.421. The van der Waals surface area contributed by atoms with Crippen LogP contribution in [0.15, 0.2) is 29.2 Å². The van der Waals surface area contributed by atoms with Crippen LogP contribution in [0.3, 0.4) is 0 Å². The molecule has 36 heavy (non-hydrogen) atoms. The van der Waals surface area contributed by atoms with Gasteiger partial charge < -0.3 is 25.6 Å². The highest BCUT2D eigenvalue weighted by Crippen LogP contribution is 2.39. The Morgan fingerprint density at radius 2 is 1.58 bits per heavy atom. The number of carboxylic acids is 1. The number of aliphatic carboxylic acids is 1. The highest BCUT2D eigenvalue weighted by molar-refractivity contribution is 7.92. The van der Waals surface area contributed by atoms with Gasteiger partial charge in [-0.25, -0.2) is 8.42 Å². The number of likely N-dealkylation sites (tertiary alicyclic amines) is 1. The van der Waals surface area contributed by atoms with E-state index >= 15 is 0 Å². The van der Waals surface area contributed by atoms with Gasteiger partial charge in [-0.2, -0.15) is 26.3 Å². The Morgan fingerprint density at radius 3 is 1.97 bits per heavy atom. The summed E-state index contributed by atoms with van der Waals surface area (Å²) in [6.45, 7) is 5.13. The van der Waals surface area contributed by atoms with Crippen molar-refractivity contribution in [3.05, 3.63) is 29.8 Å². The minimum atomic E-state index is -5.19. The molecule has 1 aromatic rings. The van der Waals surface area contributed by atoms with Crippen molar-refractivity contribution >= 4 is 21.7 Å². The summed E-state index contributed by atoms with van der Waals surface area (Å²) < 4.78 is 95.5. The number of carbonyl (C=O) groups excluding carboxylic acids is 2. The predicted molar refractivity (Wildman–Crippen MR) is 111 cm³/mol. The van der Waals surface area contributed by atoms with E-state index in [0.717, 1.165) is 12.1 Å². The number of sulfone groups is 1. The second-order valence-corrected chi connectivity index (χ2v) is 11.4. The maximum absolute atomic E-state index is 13.2. The molecule has 206 valence electrons. The molecule has 0 unspecified atom stereocenters. The van der Waals surface area contributed by atoms with Gasteiger partial charge in [-0.15, -0.1) is 0 Å². The highest BCUT2D eigenvalue weighted by atomic mass is 32.2. The Hall–Kier alpha value is -2.39. The lowest BCUT2D eigenvalue weighted by Crippen LogP contribution is -2.72. The Kier molecular flexibility index (Phi) is 9.96. The third-order valence-electron chi connectivity index (χ3n) is 6.09.